The average Bonchev–Trinajstić information content (AvgIpc) is 3.25. The summed E-state index contributed by atoms with van der Waals surface area (Å²) in [6.45, 7) is 0. The van der Waals surface area contributed by atoms with Gasteiger partial charge in [0.25, 0.3) is 0 Å². The van der Waals surface area contributed by atoms with Gasteiger partial charge in [0.2, 0.25) is 0 Å². The molecule has 1 heterocycles. The Morgan fingerprint density at radius 2 is 2.11 bits per heavy atom. The van der Waals surface area contributed by atoms with Crippen molar-refractivity contribution in [2.45, 2.75) is 31.4 Å². The number of pyridine rings is 1. The van der Waals surface area contributed by atoms with Gasteiger partial charge in [-0.3, -0.25) is 4.98 Å². The topological polar surface area (TPSA) is 48.1 Å². The van der Waals surface area contributed by atoms with Gasteiger partial charge in [0.05, 0.1) is 11.6 Å². The molecule has 1 aromatic heterocycles. The molecule has 2 atom stereocenters. The molecule has 1 fully saturated rings. The summed E-state index contributed by atoms with van der Waals surface area (Å²) in [7, 11) is 1.77. The molecule has 0 saturated heterocycles. The van der Waals surface area contributed by atoms with Gasteiger partial charge in [0.1, 0.15) is 0 Å². The molecule has 0 amide bonds. The lowest BCUT2D eigenvalue weighted by Gasteiger charge is -2.22. The third kappa shape index (κ3) is 2.62. The van der Waals surface area contributed by atoms with Crippen LogP contribution in [0.5, 0.6) is 0 Å². The number of nitrogens with two attached hydrogens (primary N) is 1. The fourth-order valence-corrected chi connectivity index (χ4v) is 2.84. The van der Waals surface area contributed by atoms with E-state index in [1.54, 1.807) is 7.11 Å². The highest BCUT2D eigenvalue weighted by Gasteiger charge is 2.35. The Morgan fingerprint density at radius 3 is 2.84 bits per heavy atom. The molecule has 1 aromatic carbocycles. The van der Waals surface area contributed by atoms with E-state index in [0.717, 1.165) is 11.9 Å². The van der Waals surface area contributed by atoms with Gasteiger partial charge >= 0.3 is 0 Å². The average molecular weight is 256 g/mol. The molecule has 0 aliphatic heterocycles. The van der Waals surface area contributed by atoms with Crippen molar-refractivity contribution in [2.24, 2.45) is 11.7 Å². The molecule has 1 saturated carbocycles. The van der Waals surface area contributed by atoms with Crippen LogP contribution in [0.4, 0.5) is 0 Å². The van der Waals surface area contributed by atoms with E-state index in [1.807, 2.05) is 24.4 Å². The van der Waals surface area contributed by atoms with Crippen LogP contribution in [0.3, 0.4) is 0 Å². The second-order valence-corrected chi connectivity index (χ2v) is 5.39. The van der Waals surface area contributed by atoms with Crippen molar-refractivity contribution >= 4 is 10.9 Å². The molecule has 3 heteroatoms. The normalized spacial score (nSPS) is 18.4. The van der Waals surface area contributed by atoms with Crippen LogP contribution in [0, 0.1) is 5.92 Å². The zero-order valence-corrected chi connectivity index (χ0v) is 11.3. The number of rotatable bonds is 5. The Balaban J connectivity index is 1.84. The number of fused-ring (bicyclic) bond motifs is 1. The van der Waals surface area contributed by atoms with Crippen LogP contribution in [0.1, 0.15) is 18.4 Å². The molecule has 2 N–H and O–H groups in total. The minimum absolute atomic E-state index is 0.0586. The zero-order valence-electron chi connectivity index (χ0n) is 11.3. The quantitative estimate of drug-likeness (QED) is 0.894. The maximum atomic E-state index is 6.35. The number of para-hydroxylation sites is 1. The SMILES string of the molecule is COC(C(N)Cc1ccnc2ccccc12)C1CC1. The molecule has 19 heavy (non-hydrogen) atoms. The molecule has 1 aliphatic rings. The van der Waals surface area contributed by atoms with Crippen LogP contribution in [0.15, 0.2) is 36.5 Å². The van der Waals surface area contributed by atoms with Gasteiger partial charge in [-0.05, 0) is 42.9 Å². The summed E-state index contributed by atoms with van der Waals surface area (Å²) < 4.78 is 5.58. The Labute approximate surface area is 113 Å². The van der Waals surface area contributed by atoms with Crippen LogP contribution in [-0.4, -0.2) is 24.2 Å². The highest BCUT2D eigenvalue weighted by Crippen LogP contribution is 2.36. The van der Waals surface area contributed by atoms with Crippen molar-refractivity contribution in [3.63, 3.8) is 0 Å². The summed E-state index contributed by atoms with van der Waals surface area (Å²) in [5.74, 6) is 0.660. The van der Waals surface area contributed by atoms with Crippen molar-refractivity contribution in [3.05, 3.63) is 42.1 Å². The maximum Gasteiger partial charge on any atom is 0.0753 e. The van der Waals surface area contributed by atoms with Gasteiger partial charge in [0, 0.05) is 24.7 Å². The summed E-state index contributed by atoms with van der Waals surface area (Å²) in [5.41, 5.74) is 8.65. The van der Waals surface area contributed by atoms with Crippen molar-refractivity contribution in [3.8, 4) is 0 Å². The summed E-state index contributed by atoms with van der Waals surface area (Å²) in [6, 6.07) is 10.3. The van der Waals surface area contributed by atoms with Gasteiger partial charge < -0.3 is 10.5 Å². The first-order chi connectivity index (χ1) is 9.29. The number of methoxy groups -OCH3 is 1. The second-order valence-electron chi connectivity index (χ2n) is 5.39. The number of nitrogens with zero attached hydrogens (tertiary/aromatic N) is 1. The summed E-state index contributed by atoms with van der Waals surface area (Å²) >= 11 is 0. The lowest BCUT2D eigenvalue weighted by molar-refractivity contribution is 0.0627. The van der Waals surface area contributed by atoms with Gasteiger partial charge in [-0.25, -0.2) is 0 Å². The monoisotopic (exact) mass is 256 g/mol. The number of aromatic nitrogens is 1. The molecule has 3 rings (SSSR count). The lowest BCUT2D eigenvalue weighted by Crippen LogP contribution is -2.39. The van der Waals surface area contributed by atoms with E-state index in [4.69, 9.17) is 10.5 Å². The van der Waals surface area contributed by atoms with E-state index < -0.39 is 0 Å². The first-order valence-corrected chi connectivity index (χ1v) is 6.90. The molecule has 1 aliphatic carbocycles. The van der Waals surface area contributed by atoms with Crippen molar-refractivity contribution < 1.29 is 4.74 Å². The van der Waals surface area contributed by atoms with E-state index in [2.05, 4.69) is 17.1 Å². The van der Waals surface area contributed by atoms with E-state index in [9.17, 15) is 0 Å². The predicted octanol–water partition coefficient (Wildman–Crippen LogP) is 2.53. The van der Waals surface area contributed by atoms with E-state index >= 15 is 0 Å². The summed E-state index contributed by atoms with van der Waals surface area (Å²) in [6.07, 6.45) is 5.40. The minimum Gasteiger partial charge on any atom is -0.380 e. The Hall–Kier alpha value is -1.45. The molecule has 2 aromatic rings. The fourth-order valence-electron chi connectivity index (χ4n) is 2.84. The van der Waals surface area contributed by atoms with Gasteiger partial charge in [-0.2, -0.15) is 0 Å². The van der Waals surface area contributed by atoms with E-state index in [-0.39, 0.29) is 12.1 Å². The maximum absolute atomic E-state index is 6.35. The van der Waals surface area contributed by atoms with Crippen LogP contribution < -0.4 is 5.73 Å². The number of ether oxygens (including phenoxy) is 1. The zero-order chi connectivity index (χ0) is 13.2. The van der Waals surface area contributed by atoms with Crippen molar-refractivity contribution in [1.82, 2.24) is 4.98 Å². The molecule has 100 valence electrons. The molecule has 0 spiro atoms. The minimum atomic E-state index is 0.0586. The number of hydrogen-bond acceptors (Lipinski definition) is 3. The standard InChI is InChI=1S/C16H20N2O/c1-19-16(11-6-7-11)14(17)10-12-8-9-18-15-5-3-2-4-13(12)15/h2-5,8-9,11,14,16H,6-7,10,17H2,1H3. The highest BCUT2D eigenvalue weighted by atomic mass is 16.5. The molecule has 0 bridgehead atoms. The van der Waals surface area contributed by atoms with Crippen molar-refractivity contribution in [2.75, 3.05) is 7.11 Å². The fraction of sp³-hybridized carbons (Fsp3) is 0.438. The number of hydrogen-bond donors (Lipinski definition) is 1. The predicted molar refractivity (Wildman–Crippen MR) is 76.9 cm³/mol. The molecular weight excluding hydrogens is 236 g/mol. The first kappa shape index (κ1) is 12.6. The third-order valence-corrected chi connectivity index (χ3v) is 3.98. The molecule has 0 radical (unpaired) electrons. The van der Waals surface area contributed by atoms with E-state index in [0.29, 0.717) is 5.92 Å². The number of benzene rings is 1. The second kappa shape index (κ2) is 5.27. The van der Waals surface area contributed by atoms with Gasteiger partial charge in [-0.15, -0.1) is 0 Å². The molecular formula is C16H20N2O. The van der Waals surface area contributed by atoms with Gasteiger partial charge in [0.15, 0.2) is 0 Å². The lowest BCUT2D eigenvalue weighted by atomic mass is 9.97. The van der Waals surface area contributed by atoms with E-state index in [1.165, 1.54) is 23.8 Å². The first-order valence-electron chi connectivity index (χ1n) is 6.90. The third-order valence-electron chi connectivity index (χ3n) is 3.98. The van der Waals surface area contributed by atoms with Crippen LogP contribution in [0.25, 0.3) is 10.9 Å². The van der Waals surface area contributed by atoms with Crippen LogP contribution in [-0.2, 0) is 11.2 Å². The Morgan fingerprint density at radius 1 is 1.32 bits per heavy atom. The van der Waals surface area contributed by atoms with Crippen LogP contribution in [0.2, 0.25) is 0 Å². The Bertz CT molecular complexity index is 560. The molecule has 2 unspecified atom stereocenters. The summed E-state index contributed by atoms with van der Waals surface area (Å²) in [4.78, 5) is 4.39. The van der Waals surface area contributed by atoms with Gasteiger partial charge in [-0.1, -0.05) is 18.2 Å². The Kier molecular flexibility index (Phi) is 3.49. The van der Waals surface area contributed by atoms with Crippen molar-refractivity contribution in [1.29, 1.82) is 0 Å². The summed E-state index contributed by atoms with van der Waals surface area (Å²) in [5, 5.41) is 1.20. The largest absolute Gasteiger partial charge is 0.380 e. The highest BCUT2D eigenvalue weighted by molar-refractivity contribution is 5.81. The molecule has 3 nitrogen and oxygen atoms in total. The van der Waals surface area contributed by atoms with Crippen LogP contribution >= 0.6 is 0 Å². The smallest absolute Gasteiger partial charge is 0.0753 e.